The first kappa shape index (κ1) is 16.0. The molecule has 0 aliphatic heterocycles. The molecular formula is C20H12N4O4. The van der Waals surface area contributed by atoms with Crippen molar-refractivity contribution < 1.29 is 18.8 Å². The molecule has 5 rings (SSSR count). The first-order chi connectivity index (χ1) is 13.7. The molecule has 136 valence electrons. The zero-order valence-electron chi connectivity index (χ0n) is 14.4. The molecule has 0 atom stereocenters. The number of ketones is 1. The third kappa shape index (κ3) is 2.55. The number of benzene rings is 2. The number of aromatic nitrogens is 4. The van der Waals surface area contributed by atoms with E-state index in [9.17, 15) is 10.0 Å². The summed E-state index contributed by atoms with van der Waals surface area (Å²) in [4.78, 5) is 13.1. The SMILES string of the molecule is O=C(c1ccco1)c1cnn2c1n[n+]([O-])c1ccc(Oc3ccccc3)cc12. The number of carbonyl (C=O) groups is 1. The van der Waals surface area contributed by atoms with E-state index < -0.39 is 5.78 Å². The van der Waals surface area contributed by atoms with Crippen LogP contribution in [-0.2, 0) is 0 Å². The molecule has 0 aliphatic rings. The van der Waals surface area contributed by atoms with Crippen LogP contribution in [0.5, 0.6) is 11.5 Å². The molecule has 0 unspecified atom stereocenters. The van der Waals surface area contributed by atoms with Gasteiger partial charge in [0.15, 0.2) is 5.76 Å². The van der Waals surface area contributed by atoms with Crippen LogP contribution in [0.25, 0.3) is 16.7 Å². The number of fused-ring (bicyclic) bond motifs is 3. The summed E-state index contributed by atoms with van der Waals surface area (Å²) in [5, 5.41) is 20.6. The standard InChI is InChI=1S/C20H12N4O4/c25-19(18-7-4-10-27-18)15-12-21-23-17-11-14(28-13-5-2-1-3-6-13)8-9-16(17)24(26)22-20(15)23/h1-12H. The molecule has 0 spiro atoms. The van der Waals surface area contributed by atoms with Crippen LogP contribution in [0.1, 0.15) is 16.1 Å². The van der Waals surface area contributed by atoms with Crippen molar-refractivity contribution in [2.45, 2.75) is 0 Å². The Morgan fingerprint density at radius 3 is 2.71 bits per heavy atom. The van der Waals surface area contributed by atoms with Crippen LogP contribution in [0.3, 0.4) is 0 Å². The van der Waals surface area contributed by atoms with Gasteiger partial charge in [-0.05, 0) is 35.2 Å². The molecule has 0 radical (unpaired) electrons. The van der Waals surface area contributed by atoms with Gasteiger partial charge in [0.2, 0.25) is 11.4 Å². The summed E-state index contributed by atoms with van der Waals surface area (Å²) in [7, 11) is 0. The Balaban J connectivity index is 1.66. The van der Waals surface area contributed by atoms with Gasteiger partial charge in [-0.15, -0.1) is 0 Å². The fourth-order valence-electron chi connectivity index (χ4n) is 2.98. The molecule has 0 N–H and O–H groups in total. The second-order valence-electron chi connectivity index (χ2n) is 6.04. The number of furan rings is 1. The van der Waals surface area contributed by atoms with E-state index >= 15 is 0 Å². The zero-order valence-corrected chi connectivity index (χ0v) is 14.4. The maximum absolute atomic E-state index is 12.6. The van der Waals surface area contributed by atoms with Gasteiger partial charge in [0.05, 0.1) is 18.0 Å². The van der Waals surface area contributed by atoms with Gasteiger partial charge in [0, 0.05) is 17.2 Å². The number of para-hydroxylation sites is 1. The molecule has 8 nitrogen and oxygen atoms in total. The van der Waals surface area contributed by atoms with Gasteiger partial charge in [-0.3, -0.25) is 4.79 Å². The van der Waals surface area contributed by atoms with Crippen LogP contribution < -0.4 is 9.58 Å². The number of rotatable bonds is 4. The number of hydrogen-bond acceptors (Lipinski definition) is 6. The van der Waals surface area contributed by atoms with Gasteiger partial charge in [-0.25, -0.2) is 4.52 Å². The smallest absolute Gasteiger partial charge is 0.270 e. The van der Waals surface area contributed by atoms with E-state index in [1.54, 1.807) is 30.3 Å². The van der Waals surface area contributed by atoms with Crippen LogP contribution in [-0.4, -0.2) is 20.5 Å². The lowest BCUT2D eigenvalue weighted by atomic mass is 10.2. The van der Waals surface area contributed by atoms with Gasteiger partial charge in [-0.1, -0.05) is 18.2 Å². The van der Waals surface area contributed by atoms with Crippen molar-refractivity contribution in [2.75, 3.05) is 0 Å². The first-order valence-corrected chi connectivity index (χ1v) is 8.43. The molecule has 0 aliphatic carbocycles. The molecule has 3 aromatic heterocycles. The number of carbonyl (C=O) groups excluding carboxylic acids is 1. The van der Waals surface area contributed by atoms with Crippen LogP contribution >= 0.6 is 0 Å². The van der Waals surface area contributed by atoms with Crippen molar-refractivity contribution in [2.24, 2.45) is 0 Å². The molecule has 8 heteroatoms. The third-order valence-electron chi connectivity index (χ3n) is 4.28. The highest BCUT2D eigenvalue weighted by atomic mass is 16.5. The zero-order chi connectivity index (χ0) is 19.1. The van der Waals surface area contributed by atoms with E-state index in [0.717, 1.165) is 0 Å². The molecule has 0 fully saturated rings. The second-order valence-corrected chi connectivity index (χ2v) is 6.04. The third-order valence-corrected chi connectivity index (χ3v) is 4.28. The lowest BCUT2D eigenvalue weighted by Gasteiger charge is -2.07. The van der Waals surface area contributed by atoms with Gasteiger partial charge < -0.3 is 14.4 Å². The minimum absolute atomic E-state index is 0.140. The van der Waals surface area contributed by atoms with Crippen molar-refractivity contribution in [3.63, 3.8) is 0 Å². The predicted octanol–water partition coefficient (Wildman–Crippen LogP) is 3.13. The van der Waals surface area contributed by atoms with Crippen LogP contribution in [0.2, 0.25) is 0 Å². The normalized spacial score (nSPS) is 11.1. The minimum atomic E-state index is -0.399. The van der Waals surface area contributed by atoms with Gasteiger partial charge in [-0.2, -0.15) is 5.10 Å². The molecule has 0 amide bonds. The Morgan fingerprint density at radius 1 is 1.07 bits per heavy atom. The largest absolute Gasteiger partial charge is 0.594 e. The van der Waals surface area contributed by atoms with E-state index in [-0.39, 0.29) is 17.0 Å². The average Bonchev–Trinajstić information content (AvgIpc) is 3.39. The van der Waals surface area contributed by atoms with Crippen molar-refractivity contribution in [3.8, 4) is 11.5 Å². The Morgan fingerprint density at radius 2 is 1.93 bits per heavy atom. The first-order valence-electron chi connectivity index (χ1n) is 8.43. The molecule has 3 heterocycles. The van der Waals surface area contributed by atoms with E-state index in [1.807, 2.05) is 30.3 Å². The lowest BCUT2D eigenvalue weighted by Crippen LogP contribution is -2.33. The van der Waals surface area contributed by atoms with Crippen LogP contribution in [0.15, 0.2) is 77.5 Å². The maximum atomic E-state index is 12.6. The van der Waals surface area contributed by atoms with Crippen molar-refractivity contribution in [1.29, 1.82) is 0 Å². The average molecular weight is 372 g/mol. The molecule has 2 aromatic carbocycles. The fourth-order valence-corrected chi connectivity index (χ4v) is 2.98. The molecular weight excluding hydrogens is 360 g/mol. The Kier molecular flexibility index (Phi) is 3.55. The van der Waals surface area contributed by atoms with Crippen molar-refractivity contribution in [1.82, 2.24) is 14.7 Å². The second kappa shape index (κ2) is 6.20. The Hall–Kier alpha value is -4.20. The summed E-state index contributed by atoms with van der Waals surface area (Å²) < 4.78 is 12.4. The van der Waals surface area contributed by atoms with Crippen molar-refractivity contribution >= 4 is 22.5 Å². The summed E-state index contributed by atoms with van der Waals surface area (Å²) >= 11 is 0. The summed E-state index contributed by atoms with van der Waals surface area (Å²) in [6.45, 7) is 0. The van der Waals surface area contributed by atoms with E-state index in [2.05, 4.69) is 10.2 Å². The fraction of sp³-hybridized carbons (Fsp3) is 0. The van der Waals surface area contributed by atoms with Crippen LogP contribution in [0.4, 0.5) is 0 Å². The summed E-state index contributed by atoms with van der Waals surface area (Å²) in [6.07, 6.45) is 2.78. The highest BCUT2D eigenvalue weighted by Crippen LogP contribution is 2.25. The van der Waals surface area contributed by atoms with Crippen molar-refractivity contribution in [3.05, 3.63) is 89.7 Å². The number of hydrogen-bond donors (Lipinski definition) is 0. The topological polar surface area (TPSA) is 96.6 Å². The summed E-state index contributed by atoms with van der Waals surface area (Å²) in [6, 6.07) is 17.4. The highest BCUT2D eigenvalue weighted by molar-refractivity contribution is 6.11. The van der Waals surface area contributed by atoms with Gasteiger partial charge >= 0.3 is 0 Å². The number of ether oxygens (including phenoxy) is 1. The highest BCUT2D eigenvalue weighted by Gasteiger charge is 2.23. The Labute approximate surface area is 157 Å². The lowest BCUT2D eigenvalue weighted by molar-refractivity contribution is -0.640. The van der Waals surface area contributed by atoms with Gasteiger partial charge in [0.1, 0.15) is 17.0 Å². The van der Waals surface area contributed by atoms with E-state index in [0.29, 0.717) is 27.4 Å². The number of nitrogens with zero attached hydrogens (tertiary/aromatic N) is 4. The maximum Gasteiger partial charge on any atom is 0.270 e. The molecule has 0 saturated heterocycles. The quantitative estimate of drug-likeness (QED) is 0.273. The molecule has 28 heavy (non-hydrogen) atoms. The van der Waals surface area contributed by atoms with Gasteiger partial charge in [0.25, 0.3) is 5.52 Å². The predicted molar refractivity (Wildman–Crippen MR) is 98.1 cm³/mol. The van der Waals surface area contributed by atoms with E-state index in [1.165, 1.54) is 17.0 Å². The Bertz CT molecular complexity index is 1310. The molecule has 5 aromatic rings. The van der Waals surface area contributed by atoms with E-state index in [4.69, 9.17) is 9.15 Å². The summed E-state index contributed by atoms with van der Waals surface area (Å²) in [5.74, 6) is 0.941. The molecule has 0 bridgehead atoms. The molecule has 0 saturated carbocycles. The summed E-state index contributed by atoms with van der Waals surface area (Å²) in [5.41, 5.74) is 1.08. The monoisotopic (exact) mass is 372 g/mol. The minimum Gasteiger partial charge on any atom is -0.594 e. The van der Waals surface area contributed by atoms with Crippen LogP contribution in [0, 0.1) is 5.21 Å².